The average Bonchev–Trinajstić information content (AvgIpc) is 2.74. The van der Waals surface area contributed by atoms with Crippen molar-refractivity contribution in [2.24, 2.45) is 5.73 Å². The van der Waals surface area contributed by atoms with Crippen molar-refractivity contribution >= 4 is 0 Å². The molecule has 0 aliphatic rings. The smallest absolute Gasteiger partial charge is 0.108 e. The first kappa shape index (κ1) is 11.9. The highest BCUT2D eigenvalue weighted by molar-refractivity contribution is 5.29. The SMILES string of the molecule is Cc1ccc(Cc2cccc(C(C)CN)c2)o1. The van der Waals surface area contributed by atoms with Crippen molar-refractivity contribution in [1.29, 1.82) is 0 Å². The van der Waals surface area contributed by atoms with Gasteiger partial charge in [0.15, 0.2) is 0 Å². The minimum atomic E-state index is 0.410. The first-order valence-electron chi connectivity index (χ1n) is 6.03. The van der Waals surface area contributed by atoms with Gasteiger partial charge in [-0.25, -0.2) is 0 Å². The van der Waals surface area contributed by atoms with Crippen LogP contribution in [0.15, 0.2) is 40.8 Å². The maximum Gasteiger partial charge on any atom is 0.108 e. The standard InChI is InChI=1S/C15H19NO/c1-11(10-16)14-5-3-4-13(8-14)9-15-7-6-12(2)17-15/h3-8,11H,9-10,16H2,1-2H3. The van der Waals surface area contributed by atoms with Gasteiger partial charge in [-0.15, -0.1) is 0 Å². The highest BCUT2D eigenvalue weighted by atomic mass is 16.3. The molecule has 2 rings (SSSR count). The molecule has 0 bridgehead atoms. The molecule has 0 fully saturated rings. The van der Waals surface area contributed by atoms with Crippen LogP contribution >= 0.6 is 0 Å². The summed E-state index contributed by atoms with van der Waals surface area (Å²) < 4.78 is 5.59. The van der Waals surface area contributed by atoms with Crippen molar-refractivity contribution in [1.82, 2.24) is 0 Å². The maximum absolute atomic E-state index is 5.69. The van der Waals surface area contributed by atoms with Crippen LogP contribution in [-0.2, 0) is 6.42 Å². The van der Waals surface area contributed by atoms with Crippen LogP contribution in [0, 0.1) is 6.92 Å². The molecule has 0 spiro atoms. The Morgan fingerprint density at radius 2 is 2.06 bits per heavy atom. The monoisotopic (exact) mass is 229 g/mol. The van der Waals surface area contributed by atoms with E-state index < -0.39 is 0 Å². The Balaban J connectivity index is 2.16. The summed E-state index contributed by atoms with van der Waals surface area (Å²) >= 11 is 0. The van der Waals surface area contributed by atoms with E-state index in [9.17, 15) is 0 Å². The highest BCUT2D eigenvalue weighted by Crippen LogP contribution is 2.18. The molecular weight excluding hydrogens is 210 g/mol. The molecule has 1 unspecified atom stereocenters. The third-order valence-corrected chi connectivity index (χ3v) is 3.05. The lowest BCUT2D eigenvalue weighted by Crippen LogP contribution is -2.09. The van der Waals surface area contributed by atoms with Gasteiger partial charge in [0.2, 0.25) is 0 Å². The van der Waals surface area contributed by atoms with E-state index in [0.29, 0.717) is 12.5 Å². The molecule has 2 aromatic rings. The number of nitrogens with two attached hydrogens (primary N) is 1. The van der Waals surface area contributed by atoms with Gasteiger partial charge in [0.25, 0.3) is 0 Å². The minimum absolute atomic E-state index is 0.410. The molecular formula is C15H19NO. The van der Waals surface area contributed by atoms with Gasteiger partial charge in [0, 0.05) is 6.42 Å². The van der Waals surface area contributed by atoms with E-state index in [0.717, 1.165) is 17.9 Å². The Hall–Kier alpha value is -1.54. The third kappa shape index (κ3) is 2.98. The molecule has 0 aliphatic carbocycles. The zero-order chi connectivity index (χ0) is 12.3. The molecule has 2 heteroatoms. The number of rotatable bonds is 4. The minimum Gasteiger partial charge on any atom is -0.466 e. The highest BCUT2D eigenvalue weighted by Gasteiger charge is 2.05. The van der Waals surface area contributed by atoms with Crippen LogP contribution in [0.2, 0.25) is 0 Å². The molecule has 2 N–H and O–H groups in total. The van der Waals surface area contributed by atoms with E-state index >= 15 is 0 Å². The number of furan rings is 1. The van der Waals surface area contributed by atoms with Gasteiger partial charge >= 0.3 is 0 Å². The molecule has 0 saturated carbocycles. The van der Waals surface area contributed by atoms with Gasteiger partial charge in [0.05, 0.1) is 0 Å². The zero-order valence-electron chi connectivity index (χ0n) is 10.4. The number of hydrogen-bond donors (Lipinski definition) is 1. The van der Waals surface area contributed by atoms with Crippen LogP contribution < -0.4 is 5.73 Å². The predicted octanol–water partition coefficient (Wildman–Crippen LogP) is 3.24. The first-order chi connectivity index (χ1) is 8.19. The Morgan fingerprint density at radius 3 is 2.71 bits per heavy atom. The topological polar surface area (TPSA) is 39.2 Å². The van der Waals surface area contributed by atoms with Crippen LogP contribution in [0.3, 0.4) is 0 Å². The summed E-state index contributed by atoms with van der Waals surface area (Å²) in [6.07, 6.45) is 0.846. The van der Waals surface area contributed by atoms with Crippen LogP contribution in [0.1, 0.15) is 35.5 Å². The molecule has 2 nitrogen and oxygen atoms in total. The fourth-order valence-electron chi connectivity index (χ4n) is 1.93. The van der Waals surface area contributed by atoms with E-state index in [4.69, 9.17) is 10.2 Å². The maximum atomic E-state index is 5.69. The predicted molar refractivity (Wildman–Crippen MR) is 70.2 cm³/mol. The third-order valence-electron chi connectivity index (χ3n) is 3.05. The molecule has 1 atom stereocenters. The second-order valence-corrected chi connectivity index (χ2v) is 4.57. The number of aryl methyl sites for hydroxylation is 1. The summed E-state index contributed by atoms with van der Waals surface area (Å²) in [4.78, 5) is 0. The summed E-state index contributed by atoms with van der Waals surface area (Å²) in [5, 5.41) is 0. The first-order valence-corrected chi connectivity index (χ1v) is 6.03. The summed E-state index contributed by atoms with van der Waals surface area (Å²) in [5.74, 6) is 2.39. The molecule has 0 aliphatic heterocycles. The van der Waals surface area contributed by atoms with Crippen molar-refractivity contribution in [2.45, 2.75) is 26.2 Å². The van der Waals surface area contributed by atoms with E-state index in [1.807, 2.05) is 19.1 Å². The quantitative estimate of drug-likeness (QED) is 0.874. The Labute approximate surface area is 102 Å². The van der Waals surface area contributed by atoms with Gasteiger partial charge in [0.1, 0.15) is 11.5 Å². The van der Waals surface area contributed by atoms with Gasteiger partial charge in [-0.3, -0.25) is 0 Å². The second kappa shape index (κ2) is 5.19. The van der Waals surface area contributed by atoms with Crippen molar-refractivity contribution in [3.05, 3.63) is 59.0 Å². The Morgan fingerprint density at radius 1 is 1.24 bits per heavy atom. The van der Waals surface area contributed by atoms with Crippen molar-refractivity contribution < 1.29 is 4.42 Å². The van der Waals surface area contributed by atoms with Crippen molar-refractivity contribution in [3.8, 4) is 0 Å². The fourth-order valence-corrected chi connectivity index (χ4v) is 1.93. The lowest BCUT2D eigenvalue weighted by Gasteiger charge is -2.10. The summed E-state index contributed by atoms with van der Waals surface area (Å²) in [6, 6.07) is 12.6. The van der Waals surface area contributed by atoms with E-state index in [1.54, 1.807) is 0 Å². The largest absolute Gasteiger partial charge is 0.466 e. The second-order valence-electron chi connectivity index (χ2n) is 4.57. The summed E-state index contributed by atoms with van der Waals surface area (Å²) in [6.45, 7) is 4.80. The summed E-state index contributed by atoms with van der Waals surface area (Å²) in [7, 11) is 0. The summed E-state index contributed by atoms with van der Waals surface area (Å²) in [5.41, 5.74) is 8.27. The molecule has 90 valence electrons. The lowest BCUT2D eigenvalue weighted by atomic mass is 9.98. The zero-order valence-corrected chi connectivity index (χ0v) is 10.4. The van der Waals surface area contributed by atoms with Gasteiger partial charge in [-0.05, 0) is 42.6 Å². The van der Waals surface area contributed by atoms with Gasteiger partial charge in [-0.2, -0.15) is 0 Å². The van der Waals surface area contributed by atoms with Crippen molar-refractivity contribution in [2.75, 3.05) is 6.54 Å². The number of hydrogen-bond acceptors (Lipinski definition) is 2. The molecule has 1 heterocycles. The number of benzene rings is 1. The van der Waals surface area contributed by atoms with Crippen LogP contribution in [0.4, 0.5) is 0 Å². The molecule has 0 amide bonds. The Bertz CT molecular complexity index is 487. The molecule has 0 radical (unpaired) electrons. The lowest BCUT2D eigenvalue weighted by molar-refractivity contribution is 0.493. The normalized spacial score (nSPS) is 12.6. The van der Waals surface area contributed by atoms with Crippen LogP contribution in [-0.4, -0.2) is 6.54 Å². The van der Waals surface area contributed by atoms with E-state index in [2.05, 4.69) is 31.2 Å². The van der Waals surface area contributed by atoms with E-state index in [1.165, 1.54) is 11.1 Å². The van der Waals surface area contributed by atoms with Gasteiger partial charge in [-0.1, -0.05) is 31.2 Å². The van der Waals surface area contributed by atoms with E-state index in [-0.39, 0.29) is 0 Å². The van der Waals surface area contributed by atoms with Crippen molar-refractivity contribution in [3.63, 3.8) is 0 Å². The Kier molecular flexibility index (Phi) is 3.64. The molecule has 1 aromatic carbocycles. The van der Waals surface area contributed by atoms with Crippen LogP contribution in [0.25, 0.3) is 0 Å². The molecule has 0 saturated heterocycles. The van der Waals surface area contributed by atoms with Gasteiger partial charge < -0.3 is 10.2 Å². The van der Waals surface area contributed by atoms with Crippen LogP contribution in [0.5, 0.6) is 0 Å². The fraction of sp³-hybridized carbons (Fsp3) is 0.333. The average molecular weight is 229 g/mol. The molecule has 1 aromatic heterocycles. The molecule has 17 heavy (non-hydrogen) atoms.